The van der Waals surface area contributed by atoms with Crippen molar-refractivity contribution in [1.29, 1.82) is 0 Å². The fourth-order valence-electron chi connectivity index (χ4n) is 5.05. The fraction of sp³-hybridized carbons (Fsp3) is 0. The Bertz CT molecular complexity index is 1910. The van der Waals surface area contributed by atoms with E-state index in [0.717, 1.165) is 54.0 Å². The molecule has 2 aromatic heterocycles. The van der Waals surface area contributed by atoms with Crippen molar-refractivity contribution < 1.29 is 4.57 Å². The van der Waals surface area contributed by atoms with E-state index in [0.29, 0.717) is 5.44 Å². The minimum atomic E-state index is -3.31. The molecule has 0 aliphatic carbocycles. The number of pyridine rings is 2. The van der Waals surface area contributed by atoms with E-state index in [1.54, 1.807) is 6.20 Å². The van der Waals surface area contributed by atoms with Crippen LogP contribution in [-0.4, -0.2) is 9.97 Å². The molecule has 0 amide bonds. The molecule has 4 heteroatoms. The Morgan fingerprint density at radius 3 is 1.61 bits per heavy atom. The third-order valence-corrected chi connectivity index (χ3v) is 9.84. The summed E-state index contributed by atoms with van der Waals surface area (Å²) in [6, 6.07) is 40.5. The van der Waals surface area contributed by atoms with Gasteiger partial charge in [0.25, 0.3) is 0 Å². The average molecular weight is 481 g/mol. The zero-order valence-electron chi connectivity index (χ0n) is 19.4. The van der Waals surface area contributed by atoms with E-state index >= 15 is 4.57 Å². The van der Waals surface area contributed by atoms with Gasteiger partial charge >= 0.3 is 0 Å². The molecule has 2 heterocycles. The van der Waals surface area contributed by atoms with Gasteiger partial charge in [0.15, 0.2) is 7.14 Å². The second-order valence-electron chi connectivity index (χ2n) is 9.05. The molecule has 0 N–H and O–H groups in total. The van der Waals surface area contributed by atoms with Crippen molar-refractivity contribution in [3.63, 3.8) is 0 Å². The molecule has 5 aromatic carbocycles. The van der Waals surface area contributed by atoms with Crippen molar-refractivity contribution in [3.8, 4) is 0 Å². The highest BCUT2D eigenvalue weighted by molar-refractivity contribution is 7.85. The Hall–Kier alpha value is -4.33. The first-order valence-electron chi connectivity index (χ1n) is 11.9. The highest BCUT2D eigenvalue weighted by Gasteiger charge is 2.32. The summed E-state index contributed by atoms with van der Waals surface area (Å²) in [7, 11) is -3.31. The topological polar surface area (TPSA) is 42.9 Å². The first-order chi connectivity index (χ1) is 17.7. The molecule has 0 fully saturated rings. The minimum absolute atomic E-state index is 0.568. The number of hydrogen-bond acceptors (Lipinski definition) is 3. The van der Waals surface area contributed by atoms with Gasteiger partial charge in [0, 0.05) is 27.6 Å². The molecule has 0 unspecified atom stereocenters. The van der Waals surface area contributed by atoms with E-state index in [4.69, 9.17) is 4.98 Å². The largest absolute Gasteiger partial charge is 0.307 e. The quantitative estimate of drug-likeness (QED) is 0.208. The van der Waals surface area contributed by atoms with Gasteiger partial charge in [0.2, 0.25) is 0 Å². The van der Waals surface area contributed by atoms with Crippen molar-refractivity contribution in [1.82, 2.24) is 9.97 Å². The zero-order chi connectivity index (χ0) is 24.1. The molecule has 0 atom stereocenters. The van der Waals surface area contributed by atoms with Crippen LogP contribution >= 0.6 is 7.14 Å². The lowest BCUT2D eigenvalue weighted by atomic mass is 10.1. The second-order valence-corrected chi connectivity index (χ2v) is 11.8. The molecule has 0 radical (unpaired) electrons. The summed E-state index contributed by atoms with van der Waals surface area (Å²) in [6.45, 7) is 0. The van der Waals surface area contributed by atoms with Gasteiger partial charge in [0.05, 0.1) is 11.0 Å². The highest BCUT2D eigenvalue weighted by atomic mass is 31.2. The van der Waals surface area contributed by atoms with Crippen LogP contribution in [0, 0.1) is 0 Å². The molecule has 170 valence electrons. The maximum absolute atomic E-state index is 15.4. The molecular formula is C32H21N2OP. The number of hydrogen-bond donors (Lipinski definition) is 0. The highest BCUT2D eigenvalue weighted by Crippen LogP contribution is 2.43. The van der Waals surface area contributed by atoms with E-state index in [2.05, 4.69) is 59.6 Å². The van der Waals surface area contributed by atoms with Crippen LogP contribution in [0.4, 0.5) is 0 Å². The predicted octanol–water partition coefficient (Wildman–Crippen LogP) is 6.73. The summed E-state index contributed by atoms with van der Waals surface area (Å²) >= 11 is 0. The zero-order valence-corrected chi connectivity index (χ0v) is 20.3. The number of aromatic nitrogens is 2. The Kier molecular flexibility index (Phi) is 4.73. The summed E-state index contributed by atoms with van der Waals surface area (Å²) in [5, 5.41) is 7.90. The van der Waals surface area contributed by atoms with Crippen LogP contribution in [0.15, 0.2) is 128 Å². The van der Waals surface area contributed by atoms with Crippen molar-refractivity contribution >= 4 is 66.5 Å². The first-order valence-corrected chi connectivity index (χ1v) is 13.6. The Morgan fingerprint density at radius 1 is 0.472 bits per heavy atom. The van der Waals surface area contributed by atoms with Crippen LogP contribution in [0.1, 0.15) is 0 Å². The molecule has 0 saturated carbocycles. The van der Waals surface area contributed by atoms with Crippen LogP contribution in [-0.2, 0) is 4.57 Å². The van der Waals surface area contributed by atoms with Crippen molar-refractivity contribution in [2.45, 2.75) is 0 Å². The van der Waals surface area contributed by atoms with Crippen LogP contribution in [0.2, 0.25) is 0 Å². The van der Waals surface area contributed by atoms with Crippen LogP contribution in [0.25, 0.3) is 43.4 Å². The lowest BCUT2D eigenvalue weighted by molar-refractivity contribution is 0.592. The number of nitrogens with zero attached hydrogens (tertiary/aromatic N) is 2. The van der Waals surface area contributed by atoms with Gasteiger partial charge in [-0.1, -0.05) is 97.1 Å². The Morgan fingerprint density at radius 2 is 0.972 bits per heavy atom. The minimum Gasteiger partial charge on any atom is -0.307 e. The van der Waals surface area contributed by atoms with Gasteiger partial charge < -0.3 is 4.57 Å². The van der Waals surface area contributed by atoms with Gasteiger partial charge in [-0.15, -0.1) is 0 Å². The molecule has 3 nitrogen and oxygen atoms in total. The summed E-state index contributed by atoms with van der Waals surface area (Å²) < 4.78 is 15.4. The summed E-state index contributed by atoms with van der Waals surface area (Å²) in [6.07, 6.45) is 1.78. The Labute approximate surface area is 208 Å². The van der Waals surface area contributed by atoms with E-state index in [1.165, 1.54) is 0 Å². The Balaban J connectivity index is 1.55. The van der Waals surface area contributed by atoms with Crippen LogP contribution < -0.4 is 16.0 Å². The van der Waals surface area contributed by atoms with Crippen LogP contribution in [0.3, 0.4) is 0 Å². The molecular weight excluding hydrogens is 459 g/mol. The number of fused-ring (bicyclic) bond motifs is 5. The summed E-state index contributed by atoms with van der Waals surface area (Å²) in [4.78, 5) is 9.67. The van der Waals surface area contributed by atoms with E-state index < -0.39 is 7.14 Å². The number of rotatable bonds is 3. The molecule has 7 aromatic rings. The SMILES string of the molecule is O=P(c1ccc2ccccc2c1)(c1ccc2ccccc2c1)c1ccc2ccc3cccnc3c2n1. The molecule has 0 spiro atoms. The summed E-state index contributed by atoms with van der Waals surface area (Å²) in [5.74, 6) is 0. The third kappa shape index (κ3) is 3.25. The molecule has 7 rings (SSSR count). The van der Waals surface area contributed by atoms with E-state index in [-0.39, 0.29) is 0 Å². The van der Waals surface area contributed by atoms with Crippen molar-refractivity contribution in [2.75, 3.05) is 0 Å². The molecule has 0 aliphatic heterocycles. The van der Waals surface area contributed by atoms with Gasteiger partial charge in [0.1, 0.15) is 5.44 Å². The first kappa shape index (κ1) is 21.0. The monoisotopic (exact) mass is 480 g/mol. The third-order valence-electron chi connectivity index (χ3n) is 6.93. The van der Waals surface area contributed by atoms with Crippen molar-refractivity contribution in [3.05, 3.63) is 128 Å². The lowest BCUT2D eigenvalue weighted by Crippen LogP contribution is -2.27. The normalized spacial score (nSPS) is 12.0. The van der Waals surface area contributed by atoms with E-state index in [1.807, 2.05) is 66.7 Å². The van der Waals surface area contributed by atoms with E-state index in [9.17, 15) is 0 Å². The van der Waals surface area contributed by atoms with Gasteiger partial charge in [-0.05, 0) is 45.8 Å². The fourth-order valence-corrected chi connectivity index (χ4v) is 7.61. The standard InChI is InChI=1S/C32H21N2OP/c35-36(28-16-13-22-6-1-3-8-26(22)20-28,29-17-14-23-7-2-4-9-27(23)21-29)30-18-15-25-12-11-24-10-5-19-33-31(24)32(25)34-30/h1-21H. The molecule has 36 heavy (non-hydrogen) atoms. The smallest absolute Gasteiger partial charge is 0.188 e. The lowest BCUT2D eigenvalue weighted by Gasteiger charge is -2.20. The van der Waals surface area contributed by atoms with Crippen LogP contribution in [0.5, 0.6) is 0 Å². The second kappa shape index (κ2) is 8.12. The van der Waals surface area contributed by atoms with Crippen molar-refractivity contribution in [2.24, 2.45) is 0 Å². The molecule has 0 bridgehead atoms. The molecule has 0 saturated heterocycles. The maximum Gasteiger partial charge on any atom is 0.188 e. The summed E-state index contributed by atoms with van der Waals surface area (Å²) in [5.41, 5.74) is 2.16. The average Bonchev–Trinajstić information content (AvgIpc) is 2.96. The number of benzene rings is 5. The molecule has 0 aliphatic rings. The van der Waals surface area contributed by atoms with Gasteiger partial charge in [-0.3, -0.25) is 4.98 Å². The maximum atomic E-state index is 15.4. The van der Waals surface area contributed by atoms with Gasteiger partial charge in [-0.2, -0.15) is 0 Å². The predicted molar refractivity (Wildman–Crippen MR) is 151 cm³/mol. The van der Waals surface area contributed by atoms with Gasteiger partial charge in [-0.25, -0.2) is 4.98 Å².